The van der Waals surface area contributed by atoms with Gasteiger partial charge in [-0.05, 0) is 66.6 Å². The van der Waals surface area contributed by atoms with Gasteiger partial charge in [0.15, 0.2) is 0 Å². The Morgan fingerprint density at radius 3 is 2.57 bits per heavy atom. The molecule has 1 fully saturated rings. The standard InChI is InChI=1S/C15H20BrNO3S/c16-13-9-8-12(21-13)2-1-3-14(18)17-11-6-4-10(5-7-11)15(19)20/h8-11H,1-7H2,(H,17,18)(H,19,20). The molecular weight excluding hydrogens is 354 g/mol. The van der Waals surface area contributed by atoms with Crippen molar-refractivity contribution in [2.75, 3.05) is 0 Å². The van der Waals surface area contributed by atoms with Crippen LogP contribution in [0, 0.1) is 5.92 Å². The first-order valence-corrected chi connectivity index (χ1v) is 8.92. The number of thiophene rings is 1. The maximum Gasteiger partial charge on any atom is 0.306 e. The number of aliphatic carboxylic acids is 1. The van der Waals surface area contributed by atoms with Crippen LogP contribution in [0.4, 0.5) is 0 Å². The minimum atomic E-state index is -0.707. The summed E-state index contributed by atoms with van der Waals surface area (Å²) in [5.74, 6) is -0.846. The minimum Gasteiger partial charge on any atom is -0.481 e. The molecule has 21 heavy (non-hydrogen) atoms. The van der Waals surface area contributed by atoms with Crippen molar-refractivity contribution in [2.45, 2.75) is 51.0 Å². The van der Waals surface area contributed by atoms with E-state index in [4.69, 9.17) is 5.11 Å². The first kappa shape index (κ1) is 16.5. The summed E-state index contributed by atoms with van der Waals surface area (Å²) in [5.41, 5.74) is 0. The van der Waals surface area contributed by atoms with Gasteiger partial charge in [-0.1, -0.05) is 0 Å². The lowest BCUT2D eigenvalue weighted by Crippen LogP contribution is -2.38. The third-order valence-electron chi connectivity index (χ3n) is 3.90. The maximum absolute atomic E-state index is 11.9. The van der Waals surface area contributed by atoms with Crippen molar-refractivity contribution in [3.05, 3.63) is 20.8 Å². The summed E-state index contributed by atoms with van der Waals surface area (Å²) < 4.78 is 1.12. The van der Waals surface area contributed by atoms with Gasteiger partial charge >= 0.3 is 5.97 Å². The second-order valence-electron chi connectivity index (χ2n) is 5.51. The highest BCUT2D eigenvalue weighted by molar-refractivity contribution is 9.11. The van der Waals surface area contributed by atoms with Crippen LogP contribution >= 0.6 is 27.3 Å². The van der Waals surface area contributed by atoms with Crippen LogP contribution in [0.25, 0.3) is 0 Å². The minimum absolute atomic E-state index is 0.0874. The fourth-order valence-electron chi connectivity index (χ4n) is 2.69. The summed E-state index contributed by atoms with van der Waals surface area (Å²) in [6.45, 7) is 0. The third-order valence-corrected chi connectivity index (χ3v) is 5.58. The van der Waals surface area contributed by atoms with Gasteiger partial charge in [-0.2, -0.15) is 0 Å². The first-order chi connectivity index (χ1) is 10.0. The highest BCUT2D eigenvalue weighted by Gasteiger charge is 2.26. The average Bonchev–Trinajstić information content (AvgIpc) is 2.85. The molecule has 0 aliphatic heterocycles. The van der Waals surface area contributed by atoms with Gasteiger partial charge in [-0.3, -0.25) is 9.59 Å². The first-order valence-electron chi connectivity index (χ1n) is 7.31. The molecule has 1 aliphatic rings. The smallest absolute Gasteiger partial charge is 0.306 e. The van der Waals surface area contributed by atoms with Crippen molar-refractivity contribution >= 4 is 39.1 Å². The van der Waals surface area contributed by atoms with Crippen LogP contribution in [0.5, 0.6) is 0 Å². The largest absolute Gasteiger partial charge is 0.481 e. The summed E-state index contributed by atoms with van der Waals surface area (Å²) in [7, 11) is 0. The van der Waals surface area contributed by atoms with Crippen molar-refractivity contribution in [3.8, 4) is 0 Å². The summed E-state index contributed by atoms with van der Waals surface area (Å²) >= 11 is 5.14. The second-order valence-corrected chi connectivity index (χ2v) is 8.06. The topological polar surface area (TPSA) is 66.4 Å². The zero-order valence-electron chi connectivity index (χ0n) is 11.8. The van der Waals surface area contributed by atoms with Crippen LogP contribution in [0.3, 0.4) is 0 Å². The Morgan fingerprint density at radius 2 is 2.00 bits per heavy atom. The SMILES string of the molecule is O=C(CCCc1ccc(Br)s1)NC1CCC(C(=O)O)CC1. The van der Waals surface area contributed by atoms with Crippen molar-refractivity contribution in [1.82, 2.24) is 5.32 Å². The van der Waals surface area contributed by atoms with E-state index in [1.807, 2.05) is 6.07 Å². The van der Waals surface area contributed by atoms with Gasteiger partial charge < -0.3 is 10.4 Å². The Kier molecular flexibility index (Phi) is 6.23. The molecule has 0 radical (unpaired) electrons. The van der Waals surface area contributed by atoms with Crippen LogP contribution in [-0.2, 0) is 16.0 Å². The lowest BCUT2D eigenvalue weighted by molar-refractivity contribution is -0.142. The number of carbonyl (C=O) groups is 2. The zero-order valence-corrected chi connectivity index (χ0v) is 14.2. The summed E-state index contributed by atoms with van der Waals surface area (Å²) in [4.78, 5) is 24.0. The number of carboxylic acids is 1. The van der Waals surface area contributed by atoms with Crippen LogP contribution in [-0.4, -0.2) is 23.0 Å². The number of nitrogens with one attached hydrogen (secondary N) is 1. The maximum atomic E-state index is 11.9. The number of hydrogen-bond acceptors (Lipinski definition) is 3. The number of carboxylic acid groups (broad SMARTS) is 1. The van der Waals surface area contributed by atoms with E-state index < -0.39 is 5.97 Å². The van der Waals surface area contributed by atoms with Crippen molar-refractivity contribution in [1.29, 1.82) is 0 Å². The second kappa shape index (κ2) is 7.94. The number of amides is 1. The van der Waals surface area contributed by atoms with E-state index in [1.54, 1.807) is 11.3 Å². The molecule has 0 bridgehead atoms. The lowest BCUT2D eigenvalue weighted by Gasteiger charge is -2.26. The van der Waals surface area contributed by atoms with Gasteiger partial charge in [0.25, 0.3) is 0 Å². The highest BCUT2D eigenvalue weighted by atomic mass is 79.9. The van der Waals surface area contributed by atoms with E-state index in [2.05, 4.69) is 27.3 Å². The molecule has 4 nitrogen and oxygen atoms in total. The van der Waals surface area contributed by atoms with E-state index >= 15 is 0 Å². The predicted octanol–water partition coefficient (Wildman–Crippen LogP) is 3.59. The number of halogens is 1. The molecule has 1 aromatic rings. The van der Waals surface area contributed by atoms with Gasteiger partial charge in [0.2, 0.25) is 5.91 Å². The van der Waals surface area contributed by atoms with Crippen molar-refractivity contribution < 1.29 is 14.7 Å². The number of hydrogen-bond donors (Lipinski definition) is 2. The fraction of sp³-hybridized carbons (Fsp3) is 0.600. The Morgan fingerprint density at radius 1 is 1.29 bits per heavy atom. The monoisotopic (exact) mass is 373 g/mol. The molecule has 1 saturated carbocycles. The molecule has 116 valence electrons. The molecule has 0 unspecified atom stereocenters. The predicted molar refractivity (Wildman–Crippen MR) is 86.5 cm³/mol. The zero-order chi connectivity index (χ0) is 15.2. The van der Waals surface area contributed by atoms with E-state index in [0.717, 1.165) is 29.5 Å². The van der Waals surface area contributed by atoms with Gasteiger partial charge in [0, 0.05) is 17.3 Å². The fourth-order valence-corrected chi connectivity index (χ4v) is 4.22. The lowest BCUT2D eigenvalue weighted by atomic mass is 9.86. The average molecular weight is 374 g/mol. The van der Waals surface area contributed by atoms with Gasteiger partial charge in [-0.25, -0.2) is 0 Å². The van der Waals surface area contributed by atoms with Crippen LogP contribution in [0.1, 0.15) is 43.4 Å². The van der Waals surface area contributed by atoms with Crippen molar-refractivity contribution in [3.63, 3.8) is 0 Å². The van der Waals surface area contributed by atoms with E-state index in [0.29, 0.717) is 19.3 Å². The number of aryl methyl sites for hydroxylation is 1. The Labute approximate surface area is 137 Å². The summed E-state index contributed by atoms with van der Waals surface area (Å²) in [6.07, 6.45) is 5.21. The molecule has 0 aromatic carbocycles. The molecule has 1 aliphatic carbocycles. The molecule has 2 rings (SSSR count). The van der Waals surface area contributed by atoms with Gasteiger partial charge in [-0.15, -0.1) is 11.3 Å². The van der Waals surface area contributed by atoms with Crippen molar-refractivity contribution in [2.24, 2.45) is 5.92 Å². The Balaban J connectivity index is 1.62. The molecule has 1 aromatic heterocycles. The highest BCUT2D eigenvalue weighted by Crippen LogP contribution is 2.25. The summed E-state index contributed by atoms with van der Waals surface area (Å²) in [6, 6.07) is 4.27. The number of carbonyl (C=O) groups excluding carboxylic acids is 1. The van der Waals surface area contributed by atoms with Gasteiger partial charge in [0.05, 0.1) is 9.70 Å². The third kappa shape index (κ3) is 5.43. The molecule has 1 amide bonds. The molecule has 6 heteroatoms. The van der Waals surface area contributed by atoms with Crippen LogP contribution in [0.15, 0.2) is 15.9 Å². The van der Waals surface area contributed by atoms with Crippen LogP contribution in [0.2, 0.25) is 0 Å². The van der Waals surface area contributed by atoms with E-state index in [9.17, 15) is 9.59 Å². The van der Waals surface area contributed by atoms with Gasteiger partial charge in [0.1, 0.15) is 0 Å². The Bertz CT molecular complexity index is 495. The molecule has 0 saturated heterocycles. The van der Waals surface area contributed by atoms with Crippen LogP contribution < -0.4 is 5.32 Å². The molecule has 0 spiro atoms. The molecular formula is C15H20BrNO3S. The molecule has 2 N–H and O–H groups in total. The number of rotatable bonds is 6. The Hall–Kier alpha value is -0.880. The molecule has 1 heterocycles. The van der Waals surface area contributed by atoms with E-state index in [-0.39, 0.29) is 17.9 Å². The molecule has 0 atom stereocenters. The normalized spacial score (nSPS) is 22.0. The quantitative estimate of drug-likeness (QED) is 0.800. The van der Waals surface area contributed by atoms with E-state index in [1.165, 1.54) is 4.88 Å². The summed E-state index contributed by atoms with van der Waals surface area (Å²) in [5, 5.41) is 12.0.